The lowest BCUT2D eigenvalue weighted by atomic mass is 9.92. The third kappa shape index (κ3) is 6.91. The first kappa shape index (κ1) is 23.5. The molecule has 0 saturated heterocycles. The van der Waals surface area contributed by atoms with Crippen LogP contribution in [0, 0.1) is 6.92 Å². The van der Waals surface area contributed by atoms with Gasteiger partial charge in [-0.3, -0.25) is 0 Å². The molecule has 0 unspecified atom stereocenters. The lowest BCUT2D eigenvalue weighted by Gasteiger charge is -2.25. The fraction of sp³-hybridized carbons (Fsp3) is 0.308. The van der Waals surface area contributed by atoms with Gasteiger partial charge >= 0.3 is 0 Å². The maximum Gasteiger partial charge on any atom is 0.133 e. The Hall–Kier alpha value is -2.18. The molecule has 164 valence electrons. The van der Waals surface area contributed by atoms with Crippen LogP contribution < -0.4 is 4.74 Å². The van der Waals surface area contributed by atoms with Gasteiger partial charge in [-0.25, -0.2) is 0 Å². The van der Waals surface area contributed by atoms with Crippen LogP contribution in [-0.4, -0.2) is 31.5 Å². The molecule has 2 atom stereocenters. The molecule has 0 aliphatic carbocycles. The second-order valence-corrected chi connectivity index (χ2v) is 8.34. The van der Waals surface area contributed by atoms with Gasteiger partial charge < -0.3 is 19.3 Å². The Morgan fingerprint density at radius 3 is 1.94 bits per heavy atom. The van der Waals surface area contributed by atoms with Crippen molar-refractivity contribution in [2.45, 2.75) is 32.2 Å². The maximum absolute atomic E-state index is 11.0. The summed E-state index contributed by atoms with van der Waals surface area (Å²) in [7, 11) is 1.64. The van der Waals surface area contributed by atoms with Crippen LogP contribution in [0.4, 0.5) is 0 Å². The van der Waals surface area contributed by atoms with Crippen molar-refractivity contribution in [2.24, 2.45) is 0 Å². The van der Waals surface area contributed by atoms with E-state index in [2.05, 4.69) is 22.0 Å². The monoisotopic (exact) mass is 484 g/mol. The minimum atomic E-state index is -0.734. The predicted octanol–water partition coefficient (Wildman–Crippen LogP) is 5.64. The van der Waals surface area contributed by atoms with Gasteiger partial charge in [-0.15, -0.1) is 0 Å². The zero-order valence-electron chi connectivity index (χ0n) is 18.0. The van der Waals surface area contributed by atoms with Crippen LogP contribution >= 0.6 is 15.9 Å². The van der Waals surface area contributed by atoms with E-state index in [0.29, 0.717) is 19.8 Å². The van der Waals surface area contributed by atoms with Crippen molar-refractivity contribution < 1.29 is 19.3 Å². The average molecular weight is 485 g/mol. The van der Waals surface area contributed by atoms with Gasteiger partial charge in [0.2, 0.25) is 0 Å². The standard InChI is InChI=1S/C26H29BrO4/c1-19-13-22(26(27)25(14-19)29-2)23(17-30-15-20-9-5-3-6-10-20)24(28)18-31-16-21-11-7-4-8-12-21/h3-14,23-24,28H,15-18H2,1-2H3/t23-,24+/m0/s1. The smallest absolute Gasteiger partial charge is 0.133 e. The number of benzene rings is 3. The number of aliphatic hydroxyl groups is 1. The summed E-state index contributed by atoms with van der Waals surface area (Å²) >= 11 is 3.65. The molecule has 0 fully saturated rings. The Balaban J connectivity index is 1.72. The Morgan fingerprint density at radius 1 is 0.839 bits per heavy atom. The highest BCUT2D eigenvalue weighted by atomic mass is 79.9. The topological polar surface area (TPSA) is 47.9 Å². The summed E-state index contributed by atoms with van der Waals surface area (Å²) in [6.07, 6.45) is -0.734. The highest BCUT2D eigenvalue weighted by Gasteiger charge is 2.26. The van der Waals surface area contributed by atoms with Crippen molar-refractivity contribution in [1.82, 2.24) is 0 Å². The molecule has 0 saturated carbocycles. The van der Waals surface area contributed by atoms with Gasteiger partial charge in [0.15, 0.2) is 0 Å². The molecule has 0 aromatic heterocycles. The van der Waals surface area contributed by atoms with Crippen molar-refractivity contribution in [3.63, 3.8) is 0 Å². The number of ether oxygens (including phenoxy) is 3. The third-order valence-electron chi connectivity index (χ3n) is 5.10. The maximum atomic E-state index is 11.0. The molecule has 0 heterocycles. The van der Waals surface area contributed by atoms with Crippen molar-refractivity contribution >= 4 is 15.9 Å². The van der Waals surface area contributed by atoms with E-state index in [1.54, 1.807) is 7.11 Å². The first-order valence-corrected chi connectivity index (χ1v) is 11.1. The summed E-state index contributed by atoms with van der Waals surface area (Å²) in [4.78, 5) is 0. The van der Waals surface area contributed by atoms with Gasteiger partial charge in [0.25, 0.3) is 0 Å². The van der Waals surface area contributed by atoms with Crippen molar-refractivity contribution in [3.8, 4) is 5.75 Å². The fourth-order valence-corrected chi connectivity index (χ4v) is 4.14. The summed E-state index contributed by atoms with van der Waals surface area (Å²) in [5, 5.41) is 11.0. The molecule has 0 bridgehead atoms. The van der Waals surface area contributed by atoms with E-state index in [1.807, 2.05) is 73.7 Å². The zero-order chi connectivity index (χ0) is 22.1. The number of aliphatic hydroxyl groups excluding tert-OH is 1. The quantitative estimate of drug-likeness (QED) is 0.382. The molecule has 3 rings (SSSR count). The summed E-state index contributed by atoms with van der Waals surface area (Å²) in [5.74, 6) is 0.461. The van der Waals surface area contributed by atoms with E-state index in [0.717, 1.165) is 32.5 Å². The molecule has 3 aromatic carbocycles. The molecular weight excluding hydrogens is 456 g/mol. The Morgan fingerprint density at radius 2 is 1.39 bits per heavy atom. The van der Waals surface area contributed by atoms with Gasteiger partial charge in [0.05, 0.1) is 44.1 Å². The van der Waals surface area contributed by atoms with E-state index >= 15 is 0 Å². The molecule has 31 heavy (non-hydrogen) atoms. The molecule has 0 amide bonds. The predicted molar refractivity (Wildman–Crippen MR) is 126 cm³/mol. The Kier molecular flexibility index (Phi) is 9.10. The average Bonchev–Trinajstić information content (AvgIpc) is 2.79. The van der Waals surface area contributed by atoms with Gasteiger partial charge in [-0.2, -0.15) is 0 Å². The second kappa shape index (κ2) is 12.0. The molecule has 5 heteroatoms. The van der Waals surface area contributed by atoms with Crippen molar-refractivity contribution in [3.05, 3.63) is 99.5 Å². The van der Waals surface area contributed by atoms with Crippen molar-refractivity contribution in [2.75, 3.05) is 20.3 Å². The third-order valence-corrected chi connectivity index (χ3v) is 5.95. The second-order valence-electron chi connectivity index (χ2n) is 7.55. The number of hydrogen-bond donors (Lipinski definition) is 1. The SMILES string of the molecule is COc1cc(C)cc([C@H](COCc2ccccc2)[C@H](O)COCc2ccccc2)c1Br. The number of aryl methyl sites for hydroxylation is 1. The first-order valence-electron chi connectivity index (χ1n) is 10.3. The Bertz CT molecular complexity index is 931. The summed E-state index contributed by atoms with van der Waals surface area (Å²) in [6.45, 7) is 3.51. The normalized spacial score (nSPS) is 13.0. The largest absolute Gasteiger partial charge is 0.496 e. The van der Waals surface area contributed by atoms with Crippen LogP contribution in [0.5, 0.6) is 5.75 Å². The van der Waals surface area contributed by atoms with Crippen LogP contribution in [0.3, 0.4) is 0 Å². The fourth-order valence-electron chi connectivity index (χ4n) is 3.46. The lowest BCUT2D eigenvalue weighted by Crippen LogP contribution is -2.28. The summed E-state index contributed by atoms with van der Waals surface area (Å²) < 4.78 is 18.2. The number of rotatable bonds is 11. The van der Waals surface area contributed by atoms with Crippen molar-refractivity contribution in [1.29, 1.82) is 0 Å². The first-order chi connectivity index (χ1) is 15.1. The van der Waals surface area contributed by atoms with E-state index in [-0.39, 0.29) is 12.5 Å². The summed E-state index contributed by atoms with van der Waals surface area (Å²) in [5.41, 5.74) is 4.17. The van der Waals surface area contributed by atoms with E-state index < -0.39 is 6.10 Å². The van der Waals surface area contributed by atoms with Crippen LogP contribution in [0.15, 0.2) is 77.3 Å². The highest BCUT2D eigenvalue weighted by Crippen LogP contribution is 2.36. The van der Waals surface area contributed by atoms with E-state index in [9.17, 15) is 5.11 Å². The molecule has 0 radical (unpaired) electrons. The lowest BCUT2D eigenvalue weighted by molar-refractivity contribution is -0.00937. The van der Waals surface area contributed by atoms with E-state index in [4.69, 9.17) is 14.2 Å². The van der Waals surface area contributed by atoms with Crippen LogP contribution in [-0.2, 0) is 22.7 Å². The Labute approximate surface area is 192 Å². The number of hydrogen-bond acceptors (Lipinski definition) is 4. The molecule has 0 spiro atoms. The van der Waals surface area contributed by atoms with Crippen LogP contribution in [0.1, 0.15) is 28.2 Å². The zero-order valence-corrected chi connectivity index (χ0v) is 19.5. The van der Waals surface area contributed by atoms with Gasteiger partial charge in [-0.05, 0) is 51.2 Å². The molecule has 1 N–H and O–H groups in total. The molecule has 4 nitrogen and oxygen atoms in total. The minimum Gasteiger partial charge on any atom is -0.496 e. The number of methoxy groups -OCH3 is 1. The molecular formula is C26H29BrO4. The van der Waals surface area contributed by atoms with E-state index in [1.165, 1.54) is 0 Å². The highest BCUT2D eigenvalue weighted by molar-refractivity contribution is 9.10. The minimum absolute atomic E-state index is 0.205. The molecule has 0 aliphatic heterocycles. The molecule has 0 aliphatic rings. The van der Waals surface area contributed by atoms with Crippen LogP contribution in [0.25, 0.3) is 0 Å². The number of halogens is 1. The van der Waals surface area contributed by atoms with Gasteiger partial charge in [0, 0.05) is 5.92 Å². The van der Waals surface area contributed by atoms with Crippen LogP contribution in [0.2, 0.25) is 0 Å². The summed E-state index contributed by atoms with van der Waals surface area (Å²) in [6, 6.07) is 24.0. The molecule has 3 aromatic rings. The van der Waals surface area contributed by atoms with Gasteiger partial charge in [-0.1, -0.05) is 66.7 Å². The van der Waals surface area contributed by atoms with Gasteiger partial charge in [0.1, 0.15) is 5.75 Å².